The smallest absolute Gasteiger partial charge is 0.299 e. The number of oxazole rings is 1. The van der Waals surface area contributed by atoms with Crippen LogP contribution in [-0.4, -0.2) is 42.8 Å². The predicted octanol–water partition coefficient (Wildman–Crippen LogP) is 2.99. The Bertz CT molecular complexity index is 1100. The molecule has 2 aromatic carbocycles. The van der Waals surface area contributed by atoms with Gasteiger partial charge in [0.1, 0.15) is 11.3 Å². The van der Waals surface area contributed by atoms with Gasteiger partial charge < -0.3 is 24.1 Å². The van der Waals surface area contributed by atoms with E-state index in [1.165, 1.54) is 0 Å². The van der Waals surface area contributed by atoms with Crippen LogP contribution >= 0.6 is 0 Å². The molecule has 1 spiro atoms. The summed E-state index contributed by atoms with van der Waals surface area (Å²) in [5, 5.41) is 2.95. The van der Waals surface area contributed by atoms with Crippen LogP contribution in [0.3, 0.4) is 0 Å². The fourth-order valence-electron chi connectivity index (χ4n) is 4.12. The van der Waals surface area contributed by atoms with Crippen molar-refractivity contribution in [2.45, 2.75) is 18.4 Å². The van der Waals surface area contributed by atoms with Gasteiger partial charge in [0.05, 0.1) is 25.4 Å². The zero-order chi connectivity index (χ0) is 18.7. The van der Waals surface area contributed by atoms with Crippen LogP contribution in [0.1, 0.15) is 22.3 Å². The lowest BCUT2D eigenvalue weighted by atomic mass is 9.83. The van der Waals surface area contributed by atoms with Gasteiger partial charge in [0.15, 0.2) is 5.58 Å². The topological polar surface area (TPSA) is 76.8 Å². The molecule has 0 unspecified atom stereocenters. The molecule has 3 aromatic rings. The molecule has 7 heteroatoms. The zero-order valence-corrected chi connectivity index (χ0v) is 15.2. The SMILES string of the molecule is O=C(Nc1ccc2oc(N3CCC34COC4)nc2c1)c1ccc2c(c1)CCO2. The van der Waals surface area contributed by atoms with Crippen LogP contribution in [0.25, 0.3) is 11.1 Å². The molecule has 2 saturated heterocycles. The number of carbonyl (C=O) groups is 1. The van der Waals surface area contributed by atoms with E-state index in [4.69, 9.17) is 13.9 Å². The van der Waals surface area contributed by atoms with Crippen LogP contribution in [0.2, 0.25) is 0 Å². The maximum absolute atomic E-state index is 12.6. The molecule has 3 aliphatic heterocycles. The third kappa shape index (κ3) is 2.32. The molecule has 4 heterocycles. The normalized spacial score (nSPS) is 19.1. The molecule has 28 heavy (non-hydrogen) atoms. The molecule has 6 rings (SSSR count). The molecule has 1 N–H and O–H groups in total. The van der Waals surface area contributed by atoms with E-state index in [0.29, 0.717) is 29.5 Å². The Labute approximate surface area is 161 Å². The molecule has 7 nitrogen and oxygen atoms in total. The summed E-state index contributed by atoms with van der Waals surface area (Å²) in [4.78, 5) is 19.5. The fraction of sp³-hybridized carbons (Fsp3) is 0.333. The number of amides is 1. The molecule has 0 aliphatic carbocycles. The first kappa shape index (κ1) is 15.9. The van der Waals surface area contributed by atoms with E-state index in [1.54, 1.807) is 6.07 Å². The van der Waals surface area contributed by atoms with Crippen molar-refractivity contribution in [1.29, 1.82) is 0 Å². The lowest BCUT2D eigenvalue weighted by Crippen LogP contribution is -2.71. The van der Waals surface area contributed by atoms with E-state index >= 15 is 0 Å². The van der Waals surface area contributed by atoms with Gasteiger partial charge >= 0.3 is 0 Å². The van der Waals surface area contributed by atoms with Gasteiger partial charge in [-0.25, -0.2) is 0 Å². The van der Waals surface area contributed by atoms with Crippen molar-refractivity contribution in [3.8, 4) is 5.75 Å². The Hall–Kier alpha value is -3.06. The molecule has 0 bridgehead atoms. The van der Waals surface area contributed by atoms with Crippen molar-refractivity contribution in [2.24, 2.45) is 0 Å². The minimum atomic E-state index is -0.147. The van der Waals surface area contributed by atoms with Crippen LogP contribution in [0.4, 0.5) is 11.7 Å². The van der Waals surface area contributed by atoms with Gasteiger partial charge in [-0.1, -0.05) is 0 Å². The highest BCUT2D eigenvalue weighted by molar-refractivity contribution is 6.05. The number of ether oxygens (including phenoxy) is 2. The van der Waals surface area contributed by atoms with Crippen molar-refractivity contribution in [3.05, 3.63) is 47.5 Å². The van der Waals surface area contributed by atoms with E-state index < -0.39 is 0 Å². The van der Waals surface area contributed by atoms with Crippen LogP contribution in [-0.2, 0) is 11.2 Å². The number of hydrogen-bond donors (Lipinski definition) is 1. The second kappa shape index (κ2) is 5.72. The monoisotopic (exact) mass is 377 g/mol. The third-order valence-corrected chi connectivity index (χ3v) is 5.93. The number of anilines is 2. The summed E-state index contributed by atoms with van der Waals surface area (Å²) in [6.07, 6.45) is 1.95. The van der Waals surface area contributed by atoms with Crippen molar-refractivity contribution in [3.63, 3.8) is 0 Å². The number of nitrogens with zero attached hydrogens (tertiary/aromatic N) is 2. The highest BCUT2D eigenvalue weighted by Crippen LogP contribution is 2.41. The average molecular weight is 377 g/mol. The first-order chi connectivity index (χ1) is 13.7. The van der Waals surface area contributed by atoms with Crippen molar-refractivity contribution in [2.75, 3.05) is 36.6 Å². The number of fused-ring (bicyclic) bond motifs is 2. The Morgan fingerprint density at radius 3 is 2.89 bits per heavy atom. The Morgan fingerprint density at radius 2 is 2.11 bits per heavy atom. The molecular weight excluding hydrogens is 358 g/mol. The maximum atomic E-state index is 12.6. The van der Waals surface area contributed by atoms with Gasteiger partial charge in [-0.05, 0) is 48.4 Å². The molecule has 0 saturated carbocycles. The van der Waals surface area contributed by atoms with E-state index in [0.717, 1.165) is 49.4 Å². The average Bonchev–Trinajstić information content (AvgIpc) is 3.24. The Balaban J connectivity index is 1.24. The van der Waals surface area contributed by atoms with E-state index in [2.05, 4.69) is 15.2 Å². The third-order valence-electron chi connectivity index (χ3n) is 5.93. The zero-order valence-electron chi connectivity index (χ0n) is 15.2. The van der Waals surface area contributed by atoms with Crippen LogP contribution in [0.5, 0.6) is 5.75 Å². The van der Waals surface area contributed by atoms with Crippen molar-refractivity contribution >= 4 is 28.7 Å². The molecule has 142 valence electrons. The summed E-state index contributed by atoms with van der Waals surface area (Å²) in [5.41, 5.74) is 3.92. The second-order valence-corrected chi connectivity index (χ2v) is 7.67. The van der Waals surface area contributed by atoms with Gasteiger partial charge in [-0.2, -0.15) is 4.98 Å². The van der Waals surface area contributed by atoms with Crippen LogP contribution < -0.4 is 15.0 Å². The summed E-state index contributed by atoms with van der Waals surface area (Å²) in [5.74, 6) is 0.722. The molecule has 3 aliphatic rings. The Kier molecular flexibility index (Phi) is 3.26. The summed E-state index contributed by atoms with van der Waals surface area (Å²) >= 11 is 0. The lowest BCUT2D eigenvalue weighted by Gasteiger charge is -2.56. The summed E-state index contributed by atoms with van der Waals surface area (Å²) in [6.45, 7) is 3.08. The summed E-state index contributed by atoms with van der Waals surface area (Å²) in [7, 11) is 0. The number of aromatic nitrogens is 1. The van der Waals surface area contributed by atoms with Gasteiger partial charge in [0.25, 0.3) is 11.9 Å². The summed E-state index contributed by atoms with van der Waals surface area (Å²) < 4.78 is 16.8. The maximum Gasteiger partial charge on any atom is 0.299 e. The highest BCUT2D eigenvalue weighted by Gasteiger charge is 2.52. The number of benzene rings is 2. The molecule has 1 amide bonds. The van der Waals surface area contributed by atoms with Gasteiger partial charge in [-0.3, -0.25) is 4.79 Å². The molecule has 0 radical (unpaired) electrons. The standard InChI is InChI=1S/C21H19N3O4/c25-19(14-1-3-17-13(9-14)5-8-27-17)22-15-2-4-18-16(10-15)23-20(28-18)24-7-6-21(24)11-26-12-21/h1-4,9-10H,5-8,11-12H2,(H,22,25). The van der Waals surface area contributed by atoms with Crippen molar-refractivity contribution < 1.29 is 18.7 Å². The fourth-order valence-corrected chi connectivity index (χ4v) is 4.12. The minimum absolute atomic E-state index is 0.0786. The second-order valence-electron chi connectivity index (χ2n) is 7.67. The number of hydrogen-bond acceptors (Lipinski definition) is 6. The quantitative estimate of drug-likeness (QED) is 0.756. The summed E-state index contributed by atoms with van der Waals surface area (Å²) in [6, 6.07) is 11.7. The molecule has 0 atom stereocenters. The van der Waals surface area contributed by atoms with E-state index in [-0.39, 0.29) is 11.4 Å². The first-order valence-electron chi connectivity index (χ1n) is 9.53. The van der Waals surface area contributed by atoms with E-state index in [9.17, 15) is 4.79 Å². The van der Waals surface area contributed by atoms with Gasteiger partial charge in [0, 0.05) is 24.2 Å². The van der Waals surface area contributed by atoms with Crippen LogP contribution in [0.15, 0.2) is 40.8 Å². The largest absolute Gasteiger partial charge is 0.493 e. The van der Waals surface area contributed by atoms with Gasteiger partial charge in [-0.15, -0.1) is 0 Å². The predicted molar refractivity (Wildman–Crippen MR) is 103 cm³/mol. The molecule has 1 aromatic heterocycles. The van der Waals surface area contributed by atoms with Crippen LogP contribution in [0, 0.1) is 0 Å². The number of rotatable bonds is 3. The minimum Gasteiger partial charge on any atom is -0.493 e. The van der Waals surface area contributed by atoms with Crippen molar-refractivity contribution in [1.82, 2.24) is 4.98 Å². The molecular formula is C21H19N3O4. The van der Waals surface area contributed by atoms with E-state index in [1.807, 2.05) is 30.3 Å². The lowest BCUT2D eigenvalue weighted by molar-refractivity contribution is -0.0870. The Morgan fingerprint density at radius 1 is 1.18 bits per heavy atom. The molecule has 2 fully saturated rings. The van der Waals surface area contributed by atoms with Gasteiger partial charge in [0.2, 0.25) is 0 Å². The highest BCUT2D eigenvalue weighted by atomic mass is 16.5. The number of carbonyl (C=O) groups excluding carboxylic acids is 1. The first-order valence-corrected chi connectivity index (χ1v) is 9.53. The number of nitrogens with one attached hydrogen (secondary N) is 1.